The topological polar surface area (TPSA) is 66.5 Å². The van der Waals surface area contributed by atoms with Crippen molar-refractivity contribution in [3.63, 3.8) is 0 Å². The SMILES string of the molecule is Cc1cccc(C(C)C)c1NC(=O)C1CCCN(S(=O)(=O)Cc2ccc(Cl)c(Cl)c2)C1. The quantitative estimate of drug-likeness (QED) is 0.581. The Morgan fingerprint density at radius 1 is 1.19 bits per heavy atom. The number of rotatable bonds is 6. The molecule has 1 N–H and O–H groups in total. The minimum atomic E-state index is -3.58. The summed E-state index contributed by atoms with van der Waals surface area (Å²) in [6.45, 7) is 6.73. The van der Waals surface area contributed by atoms with Gasteiger partial charge in [0.05, 0.1) is 21.7 Å². The van der Waals surface area contributed by atoms with Gasteiger partial charge in [0.2, 0.25) is 15.9 Å². The Balaban J connectivity index is 1.73. The lowest BCUT2D eigenvalue weighted by Gasteiger charge is -2.31. The lowest BCUT2D eigenvalue weighted by Crippen LogP contribution is -2.44. The van der Waals surface area contributed by atoms with Crippen molar-refractivity contribution in [2.24, 2.45) is 5.92 Å². The van der Waals surface area contributed by atoms with Crippen LogP contribution in [0.3, 0.4) is 0 Å². The zero-order chi connectivity index (χ0) is 22.8. The summed E-state index contributed by atoms with van der Waals surface area (Å²) in [6, 6.07) is 10.8. The molecule has 1 amide bonds. The third-order valence-electron chi connectivity index (χ3n) is 5.66. The fourth-order valence-electron chi connectivity index (χ4n) is 3.91. The molecule has 2 aromatic carbocycles. The van der Waals surface area contributed by atoms with Crippen molar-refractivity contribution < 1.29 is 13.2 Å². The molecular weight excluding hydrogens is 455 g/mol. The largest absolute Gasteiger partial charge is 0.325 e. The number of amides is 1. The molecule has 168 valence electrons. The third-order valence-corrected chi connectivity index (χ3v) is 8.21. The van der Waals surface area contributed by atoms with Crippen molar-refractivity contribution in [1.82, 2.24) is 4.31 Å². The Kier molecular flexibility index (Phi) is 7.68. The maximum absolute atomic E-state index is 13.0. The summed E-state index contributed by atoms with van der Waals surface area (Å²) in [4.78, 5) is 13.0. The lowest BCUT2D eigenvalue weighted by molar-refractivity contribution is -0.120. The molecule has 0 spiro atoms. The fraction of sp³-hybridized carbons (Fsp3) is 0.435. The standard InChI is InChI=1S/C23H28Cl2N2O3S/c1-15(2)19-8-4-6-16(3)22(19)26-23(28)18-7-5-11-27(13-18)31(29,30)14-17-9-10-20(24)21(25)12-17/h4,6,8-10,12,15,18H,5,7,11,13-14H2,1-3H3,(H,26,28). The molecule has 2 aromatic rings. The van der Waals surface area contributed by atoms with E-state index in [4.69, 9.17) is 23.2 Å². The van der Waals surface area contributed by atoms with Crippen LogP contribution in [0.1, 0.15) is 49.3 Å². The first-order valence-corrected chi connectivity index (χ1v) is 12.8. The number of para-hydroxylation sites is 1. The number of sulfonamides is 1. The minimum Gasteiger partial charge on any atom is -0.325 e. The first-order valence-electron chi connectivity index (χ1n) is 10.4. The molecule has 1 aliphatic rings. The zero-order valence-corrected chi connectivity index (χ0v) is 20.3. The average Bonchev–Trinajstić information content (AvgIpc) is 2.72. The van der Waals surface area contributed by atoms with Gasteiger partial charge in [-0.05, 0) is 54.5 Å². The third kappa shape index (κ3) is 5.80. The van der Waals surface area contributed by atoms with Crippen LogP contribution >= 0.6 is 23.2 Å². The van der Waals surface area contributed by atoms with Crippen LogP contribution in [-0.4, -0.2) is 31.7 Å². The minimum absolute atomic E-state index is 0.134. The summed E-state index contributed by atoms with van der Waals surface area (Å²) < 4.78 is 27.4. The van der Waals surface area contributed by atoms with Gasteiger partial charge in [-0.2, -0.15) is 0 Å². The van der Waals surface area contributed by atoms with Gasteiger partial charge in [-0.25, -0.2) is 12.7 Å². The van der Waals surface area contributed by atoms with Crippen molar-refractivity contribution in [3.05, 3.63) is 63.1 Å². The van der Waals surface area contributed by atoms with Crippen LogP contribution < -0.4 is 5.32 Å². The number of hydrogen-bond acceptors (Lipinski definition) is 3. The summed E-state index contributed by atoms with van der Waals surface area (Å²) in [5.74, 6) is -0.430. The molecule has 1 aliphatic heterocycles. The molecule has 31 heavy (non-hydrogen) atoms. The molecule has 0 aromatic heterocycles. The lowest BCUT2D eigenvalue weighted by atomic mass is 9.95. The van der Waals surface area contributed by atoms with Crippen LogP contribution in [0.4, 0.5) is 5.69 Å². The van der Waals surface area contributed by atoms with Crippen molar-refractivity contribution in [2.75, 3.05) is 18.4 Å². The van der Waals surface area contributed by atoms with E-state index in [-0.39, 0.29) is 24.1 Å². The van der Waals surface area contributed by atoms with E-state index in [0.29, 0.717) is 35.0 Å². The smallest absolute Gasteiger partial charge is 0.228 e. The summed E-state index contributed by atoms with van der Waals surface area (Å²) in [5.41, 5.74) is 3.48. The van der Waals surface area contributed by atoms with Gasteiger partial charge >= 0.3 is 0 Å². The average molecular weight is 483 g/mol. The van der Waals surface area contributed by atoms with E-state index < -0.39 is 15.9 Å². The van der Waals surface area contributed by atoms with Gasteiger partial charge in [-0.1, -0.05) is 61.3 Å². The Bertz CT molecular complexity index is 1070. The number of nitrogens with one attached hydrogen (secondary N) is 1. The summed E-state index contributed by atoms with van der Waals surface area (Å²) in [6.07, 6.45) is 1.30. The van der Waals surface area contributed by atoms with Crippen LogP contribution in [0.15, 0.2) is 36.4 Å². The number of benzene rings is 2. The second kappa shape index (κ2) is 9.90. The van der Waals surface area contributed by atoms with Gasteiger partial charge in [0.15, 0.2) is 0 Å². The van der Waals surface area contributed by atoms with Gasteiger partial charge in [0, 0.05) is 18.8 Å². The zero-order valence-electron chi connectivity index (χ0n) is 18.0. The molecule has 0 saturated carbocycles. The van der Waals surface area contributed by atoms with Crippen molar-refractivity contribution >= 4 is 44.8 Å². The first-order chi connectivity index (χ1) is 14.6. The first kappa shape index (κ1) is 24.1. The van der Waals surface area contributed by atoms with Gasteiger partial charge in [0.1, 0.15) is 0 Å². The van der Waals surface area contributed by atoms with Gasteiger partial charge < -0.3 is 5.32 Å². The van der Waals surface area contributed by atoms with Gasteiger partial charge in [0.25, 0.3) is 0 Å². The number of piperidine rings is 1. The highest BCUT2D eigenvalue weighted by atomic mass is 35.5. The predicted molar refractivity (Wildman–Crippen MR) is 127 cm³/mol. The van der Waals surface area contributed by atoms with E-state index in [1.54, 1.807) is 18.2 Å². The van der Waals surface area contributed by atoms with Crippen LogP contribution in [0.2, 0.25) is 10.0 Å². The Morgan fingerprint density at radius 3 is 2.61 bits per heavy atom. The predicted octanol–water partition coefficient (Wildman–Crippen LogP) is 5.61. The number of halogens is 2. The maximum atomic E-state index is 13.0. The molecule has 1 atom stereocenters. The molecule has 5 nitrogen and oxygen atoms in total. The summed E-state index contributed by atoms with van der Waals surface area (Å²) in [5, 5.41) is 3.78. The normalized spacial score (nSPS) is 17.7. The number of aryl methyl sites for hydroxylation is 1. The van der Waals surface area contributed by atoms with E-state index >= 15 is 0 Å². The number of hydrogen-bond donors (Lipinski definition) is 1. The summed E-state index contributed by atoms with van der Waals surface area (Å²) in [7, 11) is -3.58. The second-order valence-corrected chi connectivity index (χ2v) is 11.2. The number of nitrogens with zero attached hydrogens (tertiary/aromatic N) is 1. The van der Waals surface area contributed by atoms with E-state index in [2.05, 4.69) is 19.2 Å². The Hall–Kier alpha value is -1.60. The van der Waals surface area contributed by atoms with Gasteiger partial charge in [-0.15, -0.1) is 0 Å². The number of anilines is 1. The van der Waals surface area contributed by atoms with Crippen molar-refractivity contribution in [2.45, 2.75) is 45.3 Å². The van der Waals surface area contributed by atoms with E-state index in [0.717, 1.165) is 16.8 Å². The molecule has 1 fully saturated rings. The van der Waals surface area contributed by atoms with Gasteiger partial charge in [-0.3, -0.25) is 4.79 Å². The van der Waals surface area contributed by atoms with E-state index in [1.165, 1.54) is 4.31 Å². The molecule has 1 unspecified atom stereocenters. The fourth-order valence-corrected chi connectivity index (χ4v) is 5.83. The Labute approximate surface area is 194 Å². The van der Waals surface area contributed by atoms with E-state index in [9.17, 15) is 13.2 Å². The van der Waals surface area contributed by atoms with E-state index in [1.807, 2.05) is 25.1 Å². The monoisotopic (exact) mass is 482 g/mol. The molecule has 0 bridgehead atoms. The summed E-state index contributed by atoms with van der Waals surface area (Å²) >= 11 is 12.0. The Morgan fingerprint density at radius 2 is 1.94 bits per heavy atom. The molecule has 0 aliphatic carbocycles. The maximum Gasteiger partial charge on any atom is 0.228 e. The second-order valence-electron chi connectivity index (χ2n) is 8.38. The highest BCUT2D eigenvalue weighted by Gasteiger charge is 2.33. The van der Waals surface area contributed by atoms with Crippen molar-refractivity contribution in [1.29, 1.82) is 0 Å². The number of carbonyl (C=O) groups excluding carboxylic acids is 1. The van der Waals surface area contributed by atoms with Crippen LogP contribution in [0.25, 0.3) is 0 Å². The molecule has 8 heteroatoms. The number of carbonyl (C=O) groups is 1. The molecule has 1 heterocycles. The molecule has 3 rings (SSSR count). The van der Waals surface area contributed by atoms with Crippen LogP contribution in [0, 0.1) is 12.8 Å². The molecular formula is C23H28Cl2N2O3S. The highest BCUT2D eigenvalue weighted by molar-refractivity contribution is 7.88. The molecule has 0 radical (unpaired) electrons. The highest BCUT2D eigenvalue weighted by Crippen LogP contribution is 2.30. The van der Waals surface area contributed by atoms with Crippen LogP contribution in [0.5, 0.6) is 0 Å². The van der Waals surface area contributed by atoms with Crippen molar-refractivity contribution in [3.8, 4) is 0 Å². The van der Waals surface area contributed by atoms with Crippen LogP contribution in [-0.2, 0) is 20.6 Å². The molecule has 1 saturated heterocycles.